The van der Waals surface area contributed by atoms with Crippen LogP contribution in [-0.2, 0) is 20.9 Å². The van der Waals surface area contributed by atoms with Crippen LogP contribution in [-0.4, -0.2) is 52.4 Å². The molecule has 7 nitrogen and oxygen atoms in total. The molecule has 1 aromatic rings. The first-order valence-corrected chi connectivity index (χ1v) is 9.69. The Balaban J connectivity index is 1.88. The second-order valence-electron chi connectivity index (χ2n) is 5.96. The van der Waals surface area contributed by atoms with E-state index in [0.717, 1.165) is 25.2 Å². The maximum Gasteiger partial charge on any atom is 0.247 e. The summed E-state index contributed by atoms with van der Waals surface area (Å²) in [5, 5.41) is 9.80. The fraction of sp³-hybridized carbons (Fsp3) is 0.688. The van der Waals surface area contributed by atoms with Crippen molar-refractivity contribution in [3.05, 3.63) is 12.4 Å². The minimum atomic E-state index is -0.528. The Bertz CT molecular complexity index is 543. The summed E-state index contributed by atoms with van der Waals surface area (Å²) >= 11 is 1.64. The Morgan fingerprint density at radius 2 is 2.33 bits per heavy atom. The summed E-state index contributed by atoms with van der Waals surface area (Å²) in [5.74, 6) is 0.380. The molecule has 1 aliphatic rings. The lowest BCUT2D eigenvalue weighted by Gasteiger charge is -2.22. The SMILES string of the molecule is CSCC[C@H](NC(C)=O)C(=O)Nc1cnn(C[C@H]2CCCCO2)c1. The van der Waals surface area contributed by atoms with Crippen LogP contribution in [0.1, 0.15) is 32.6 Å². The minimum Gasteiger partial charge on any atom is -0.376 e. The monoisotopic (exact) mass is 354 g/mol. The van der Waals surface area contributed by atoms with Gasteiger partial charge in [0.1, 0.15) is 6.04 Å². The van der Waals surface area contributed by atoms with Crippen molar-refractivity contribution in [2.75, 3.05) is 23.9 Å². The van der Waals surface area contributed by atoms with Crippen molar-refractivity contribution in [2.24, 2.45) is 0 Å². The van der Waals surface area contributed by atoms with Gasteiger partial charge in [-0.2, -0.15) is 16.9 Å². The van der Waals surface area contributed by atoms with E-state index in [2.05, 4.69) is 15.7 Å². The number of hydrogen-bond donors (Lipinski definition) is 2. The molecule has 0 saturated carbocycles. The number of ether oxygens (including phenoxy) is 1. The van der Waals surface area contributed by atoms with Gasteiger partial charge in [-0.1, -0.05) is 0 Å². The molecule has 24 heavy (non-hydrogen) atoms. The number of carbonyl (C=O) groups excluding carboxylic acids is 2. The van der Waals surface area contributed by atoms with Gasteiger partial charge in [-0.05, 0) is 37.7 Å². The normalized spacial score (nSPS) is 18.8. The molecule has 1 saturated heterocycles. The first kappa shape index (κ1) is 18.8. The van der Waals surface area contributed by atoms with Crippen LogP contribution in [0.5, 0.6) is 0 Å². The van der Waals surface area contributed by atoms with Crippen LogP contribution in [0.4, 0.5) is 5.69 Å². The average Bonchev–Trinajstić information content (AvgIpc) is 2.99. The molecular formula is C16H26N4O3S. The van der Waals surface area contributed by atoms with Crippen molar-refractivity contribution >= 4 is 29.3 Å². The third-order valence-corrected chi connectivity index (χ3v) is 4.51. The van der Waals surface area contributed by atoms with E-state index in [1.54, 1.807) is 28.8 Å². The van der Waals surface area contributed by atoms with E-state index in [1.165, 1.54) is 13.3 Å². The largest absolute Gasteiger partial charge is 0.376 e. The second-order valence-corrected chi connectivity index (χ2v) is 6.95. The quantitative estimate of drug-likeness (QED) is 0.741. The van der Waals surface area contributed by atoms with E-state index in [1.807, 2.05) is 6.26 Å². The summed E-state index contributed by atoms with van der Waals surface area (Å²) in [4.78, 5) is 23.6. The molecule has 2 amide bonds. The van der Waals surface area contributed by atoms with Crippen LogP contribution in [0.15, 0.2) is 12.4 Å². The van der Waals surface area contributed by atoms with Gasteiger partial charge in [0.25, 0.3) is 0 Å². The number of nitrogens with one attached hydrogen (secondary N) is 2. The standard InChI is InChI=1S/C16H26N4O3S/c1-12(21)18-15(6-8-24-2)16(22)19-13-9-17-20(10-13)11-14-5-3-4-7-23-14/h9-10,14-15H,3-8,11H2,1-2H3,(H,18,21)(H,19,22)/t14-,15+/m1/s1. The summed E-state index contributed by atoms with van der Waals surface area (Å²) in [6, 6.07) is -0.528. The molecule has 0 unspecified atom stereocenters. The van der Waals surface area contributed by atoms with E-state index >= 15 is 0 Å². The molecule has 2 heterocycles. The fourth-order valence-corrected chi connectivity index (χ4v) is 3.14. The first-order valence-electron chi connectivity index (χ1n) is 8.29. The van der Waals surface area contributed by atoms with E-state index in [-0.39, 0.29) is 17.9 Å². The van der Waals surface area contributed by atoms with Gasteiger partial charge in [0.15, 0.2) is 0 Å². The second kappa shape index (κ2) is 9.68. The maximum absolute atomic E-state index is 12.4. The Morgan fingerprint density at radius 3 is 3.00 bits per heavy atom. The van der Waals surface area contributed by atoms with Crippen LogP contribution < -0.4 is 10.6 Å². The number of aromatic nitrogens is 2. The highest BCUT2D eigenvalue weighted by Gasteiger charge is 2.20. The molecule has 1 aromatic heterocycles. The van der Waals surface area contributed by atoms with E-state index in [9.17, 15) is 9.59 Å². The number of hydrogen-bond acceptors (Lipinski definition) is 5. The van der Waals surface area contributed by atoms with Gasteiger partial charge in [0.05, 0.1) is 24.5 Å². The average molecular weight is 354 g/mol. The van der Waals surface area contributed by atoms with Crippen molar-refractivity contribution in [3.8, 4) is 0 Å². The smallest absolute Gasteiger partial charge is 0.247 e. The lowest BCUT2D eigenvalue weighted by molar-refractivity contribution is -0.125. The summed E-state index contributed by atoms with van der Waals surface area (Å²) in [7, 11) is 0. The Labute approximate surface area is 146 Å². The predicted molar refractivity (Wildman–Crippen MR) is 95.1 cm³/mol. The number of nitrogens with zero attached hydrogens (tertiary/aromatic N) is 2. The Kier molecular flexibility index (Phi) is 7.58. The van der Waals surface area contributed by atoms with Gasteiger partial charge in [-0.15, -0.1) is 0 Å². The molecule has 0 bridgehead atoms. The summed E-state index contributed by atoms with van der Waals surface area (Å²) < 4.78 is 7.49. The topological polar surface area (TPSA) is 85.3 Å². The molecule has 2 N–H and O–H groups in total. The number of anilines is 1. The molecular weight excluding hydrogens is 328 g/mol. The van der Waals surface area contributed by atoms with Crippen LogP contribution in [0.3, 0.4) is 0 Å². The van der Waals surface area contributed by atoms with Crippen LogP contribution in [0.2, 0.25) is 0 Å². The Hall–Kier alpha value is -1.54. The molecule has 8 heteroatoms. The highest BCUT2D eigenvalue weighted by molar-refractivity contribution is 7.98. The number of rotatable bonds is 8. The summed E-state index contributed by atoms with van der Waals surface area (Å²) in [6.07, 6.45) is 9.53. The molecule has 1 fully saturated rings. The molecule has 0 aromatic carbocycles. The molecule has 1 aliphatic heterocycles. The zero-order valence-corrected chi connectivity index (χ0v) is 15.1. The number of carbonyl (C=O) groups is 2. The fourth-order valence-electron chi connectivity index (χ4n) is 2.67. The van der Waals surface area contributed by atoms with Crippen molar-refractivity contribution in [1.29, 1.82) is 0 Å². The first-order chi connectivity index (χ1) is 11.6. The molecule has 2 rings (SSSR count). The van der Waals surface area contributed by atoms with Crippen molar-refractivity contribution in [3.63, 3.8) is 0 Å². The van der Waals surface area contributed by atoms with Crippen molar-refractivity contribution in [1.82, 2.24) is 15.1 Å². The lowest BCUT2D eigenvalue weighted by atomic mass is 10.1. The Morgan fingerprint density at radius 1 is 1.50 bits per heavy atom. The van der Waals surface area contributed by atoms with Gasteiger partial charge in [0.2, 0.25) is 11.8 Å². The zero-order chi connectivity index (χ0) is 17.4. The van der Waals surface area contributed by atoms with E-state index in [0.29, 0.717) is 18.7 Å². The van der Waals surface area contributed by atoms with Crippen LogP contribution >= 0.6 is 11.8 Å². The van der Waals surface area contributed by atoms with E-state index in [4.69, 9.17) is 4.74 Å². The predicted octanol–water partition coefficient (Wildman–Crippen LogP) is 1.65. The van der Waals surface area contributed by atoms with Crippen LogP contribution in [0, 0.1) is 0 Å². The van der Waals surface area contributed by atoms with E-state index < -0.39 is 6.04 Å². The van der Waals surface area contributed by atoms with Gasteiger partial charge >= 0.3 is 0 Å². The van der Waals surface area contributed by atoms with Gasteiger partial charge in [-0.25, -0.2) is 0 Å². The number of amides is 2. The highest BCUT2D eigenvalue weighted by Crippen LogP contribution is 2.15. The third-order valence-electron chi connectivity index (χ3n) is 3.87. The molecule has 134 valence electrons. The summed E-state index contributed by atoms with van der Waals surface area (Å²) in [6.45, 7) is 2.92. The molecule has 0 aliphatic carbocycles. The van der Waals surface area contributed by atoms with Gasteiger partial charge in [-0.3, -0.25) is 14.3 Å². The molecule has 2 atom stereocenters. The maximum atomic E-state index is 12.4. The van der Waals surface area contributed by atoms with Crippen LogP contribution in [0.25, 0.3) is 0 Å². The van der Waals surface area contributed by atoms with Crippen molar-refractivity contribution in [2.45, 2.75) is 51.3 Å². The minimum absolute atomic E-state index is 0.191. The lowest BCUT2D eigenvalue weighted by Crippen LogP contribution is -2.43. The molecule has 0 radical (unpaired) electrons. The van der Waals surface area contributed by atoms with Gasteiger partial charge in [0, 0.05) is 19.7 Å². The zero-order valence-electron chi connectivity index (χ0n) is 14.3. The highest BCUT2D eigenvalue weighted by atomic mass is 32.2. The van der Waals surface area contributed by atoms with Gasteiger partial charge < -0.3 is 15.4 Å². The number of thioether (sulfide) groups is 1. The summed E-state index contributed by atoms with van der Waals surface area (Å²) in [5.41, 5.74) is 0.635. The molecule has 0 spiro atoms. The third kappa shape index (κ3) is 6.16. The van der Waals surface area contributed by atoms with Crippen molar-refractivity contribution < 1.29 is 14.3 Å².